The van der Waals surface area contributed by atoms with Crippen LogP contribution < -0.4 is 5.32 Å². The largest absolute Gasteiger partial charge is 0.472 e. The van der Waals surface area contributed by atoms with Crippen molar-refractivity contribution in [1.82, 2.24) is 10.4 Å². The fraction of sp³-hybridized carbons (Fsp3) is 0.800. The lowest BCUT2D eigenvalue weighted by molar-refractivity contribution is -0.197. The molecule has 1 aliphatic heterocycles. The smallest absolute Gasteiger partial charge is 0.462 e. The van der Waals surface area contributed by atoms with Gasteiger partial charge in [0, 0.05) is 45.1 Å². The third-order valence-corrected chi connectivity index (χ3v) is 12.1. The zero-order valence-corrected chi connectivity index (χ0v) is 41.7. The van der Waals surface area contributed by atoms with Crippen molar-refractivity contribution < 1.29 is 61.6 Å². The Morgan fingerprint density at radius 3 is 1.52 bits per heavy atom. The molecule has 15 nitrogen and oxygen atoms in total. The first-order chi connectivity index (χ1) is 32.0. The fourth-order valence-corrected chi connectivity index (χ4v) is 7.90. The Balaban J connectivity index is 2.41. The van der Waals surface area contributed by atoms with Crippen molar-refractivity contribution in [3.63, 3.8) is 0 Å². The number of rotatable bonds is 45. The number of esters is 2. The highest BCUT2D eigenvalue weighted by Gasteiger charge is 2.32. The normalized spacial score (nSPS) is 14.3. The number of phosphoric acid groups is 1. The number of nitrogens with zero attached hydrogens (tertiary/aromatic N) is 1. The second kappa shape index (κ2) is 41.8. The molecule has 2 N–H and O–H groups in total. The van der Waals surface area contributed by atoms with E-state index >= 15 is 0 Å². The average molecular weight is 955 g/mol. The topological polar surface area (TPSA) is 201 Å². The number of imide groups is 1. The van der Waals surface area contributed by atoms with Gasteiger partial charge in [-0.2, -0.15) is 0 Å². The molecule has 66 heavy (non-hydrogen) atoms. The highest BCUT2D eigenvalue weighted by Crippen LogP contribution is 2.43. The van der Waals surface area contributed by atoms with Crippen molar-refractivity contribution in [2.45, 2.75) is 232 Å². The lowest BCUT2D eigenvalue weighted by Gasteiger charge is -2.20. The summed E-state index contributed by atoms with van der Waals surface area (Å²) in [5, 5.41) is 2.93. The maximum Gasteiger partial charge on any atom is 0.472 e. The summed E-state index contributed by atoms with van der Waals surface area (Å²) in [6.45, 7) is 3.00. The van der Waals surface area contributed by atoms with Gasteiger partial charge in [-0.3, -0.25) is 33.0 Å². The van der Waals surface area contributed by atoms with E-state index in [1.165, 1.54) is 77.0 Å². The highest BCUT2D eigenvalue weighted by atomic mass is 31.2. The summed E-state index contributed by atoms with van der Waals surface area (Å²) in [4.78, 5) is 87.7. The van der Waals surface area contributed by atoms with Crippen LogP contribution in [0.3, 0.4) is 0 Å². The van der Waals surface area contributed by atoms with Gasteiger partial charge in [0.1, 0.15) is 6.61 Å². The number of allylic oxidation sites excluding steroid dienone is 4. The van der Waals surface area contributed by atoms with Crippen LogP contribution in [-0.2, 0) is 56.7 Å². The molecule has 1 rings (SSSR count). The minimum Gasteiger partial charge on any atom is -0.462 e. The van der Waals surface area contributed by atoms with Crippen LogP contribution in [0.2, 0.25) is 0 Å². The number of carbonyl (C=O) groups excluding carboxylic acids is 6. The van der Waals surface area contributed by atoms with Crippen LogP contribution in [-0.4, -0.2) is 78.1 Å². The van der Waals surface area contributed by atoms with E-state index in [9.17, 15) is 38.2 Å². The maximum absolute atomic E-state index is 12.8. The lowest BCUT2D eigenvalue weighted by Crippen LogP contribution is -2.32. The molecule has 0 aromatic carbocycles. The minimum atomic E-state index is -4.67. The van der Waals surface area contributed by atoms with E-state index in [2.05, 4.69) is 43.5 Å². The number of phosphoric ester groups is 1. The van der Waals surface area contributed by atoms with Crippen LogP contribution in [0.4, 0.5) is 0 Å². The van der Waals surface area contributed by atoms with E-state index in [1.54, 1.807) is 0 Å². The van der Waals surface area contributed by atoms with Crippen molar-refractivity contribution in [3.05, 3.63) is 24.3 Å². The molecule has 0 spiro atoms. The molecule has 1 fully saturated rings. The molecule has 1 aliphatic rings. The number of hydrogen-bond acceptors (Lipinski definition) is 12. The van der Waals surface area contributed by atoms with Gasteiger partial charge >= 0.3 is 25.7 Å². The molecule has 1 heterocycles. The monoisotopic (exact) mass is 955 g/mol. The van der Waals surface area contributed by atoms with Crippen LogP contribution in [0, 0.1) is 0 Å². The first-order valence-electron chi connectivity index (χ1n) is 25.6. The van der Waals surface area contributed by atoms with Crippen molar-refractivity contribution >= 4 is 43.5 Å². The van der Waals surface area contributed by atoms with Gasteiger partial charge in [0.25, 0.3) is 11.8 Å². The van der Waals surface area contributed by atoms with Crippen LogP contribution in [0.5, 0.6) is 0 Å². The standard InChI is InChI=1S/C50H87N2O13P/c1-3-5-7-9-11-13-15-17-19-21-23-25-27-29-31-35-48(56)61-42-44(64-49(57)36-32-30-28-26-24-22-20-18-16-14-12-10-8-6-4-2)43-63-66(59,60)62-41-40-51-45(53)34-33-37-50(58)65-52-46(54)38-39-47(52)55/h17-20,44H,3-16,21-43H2,1-2H3,(H,51,53)(H,59,60)/b19-17+,20-18+/t44-/m1/s1. The number of nitrogens with one attached hydrogen (secondary N) is 1. The Bertz CT molecular complexity index is 1420. The number of ether oxygens (including phenoxy) is 2. The summed E-state index contributed by atoms with van der Waals surface area (Å²) in [5.41, 5.74) is 0. The molecule has 0 bridgehead atoms. The van der Waals surface area contributed by atoms with Gasteiger partial charge in [-0.15, -0.1) is 5.06 Å². The molecule has 2 atom stereocenters. The van der Waals surface area contributed by atoms with Gasteiger partial charge in [0.15, 0.2) is 6.10 Å². The molecular weight excluding hydrogens is 868 g/mol. The van der Waals surface area contributed by atoms with Gasteiger partial charge in [0.2, 0.25) is 5.91 Å². The van der Waals surface area contributed by atoms with E-state index in [1.807, 2.05) is 0 Å². The summed E-state index contributed by atoms with van der Waals surface area (Å²) in [6, 6.07) is 0. The van der Waals surface area contributed by atoms with E-state index in [0.717, 1.165) is 77.0 Å². The summed E-state index contributed by atoms with van der Waals surface area (Å²) >= 11 is 0. The van der Waals surface area contributed by atoms with Crippen LogP contribution in [0.15, 0.2) is 24.3 Å². The summed E-state index contributed by atoms with van der Waals surface area (Å²) in [6.07, 6.45) is 37.5. The first kappa shape index (κ1) is 60.6. The molecule has 1 saturated heterocycles. The lowest BCUT2D eigenvalue weighted by atomic mass is 10.1. The summed E-state index contributed by atoms with van der Waals surface area (Å²) in [7, 11) is -4.67. The summed E-state index contributed by atoms with van der Waals surface area (Å²) < 4.78 is 33.7. The van der Waals surface area contributed by atoms with Crippen molar-refractivity contribution in [2.75, 3.05) is 26.4 Å². The molecule has 0 aliphatic carbocycles. The molecule has 0 aromatic heterocycles. The first-order valence-corrected chi connectivity index (χ1v) is 27.1. The van der Waals surface area contributed by atoms with Crippen molar-refractivity contribution in [1.29, 1.82) is 0 Å². The summed E-state index contributed by atoms with van der Waals surface area (Å²) in [5.74, 6) is -3.49. The van der Waals surface area contributed by atoms with Gasteiger partial charge in [0.05, 0.1) is 13.2 Å². The second-order valence-corrected chi connectivity index (χ2v) is 18.8. The predicted octanol–water partition coefficient (Wildman–Crippen LogP) is 11.5. The highest BCUT2D eigenvalue weighted by molar-refractivity contribution is 7.47. The molecule has 0 aromatic rings. The minimum absolute atomic E-state index is 0.0253. The number of amides is 3. The predicted molar refractivity (Wildman–Crippen MR) is 256 cm³/mol. The quantitative estimate of drug-likeness (QED) is 0.0192. The van der Waals surface area contributed by atoms with Gasteiger partial charge in [-0.1, -0.05) is 141 Å². The number of hydrogen-bond donors (Lipinski definition) is 2. The molecule has 380 valence electrons. The second-order valence-electron chi connectivity index (χ2n) is 17.3. The molecule has 1 unspecified atom stereocenters. The van der Waals surface area contributed by atoms with E-state index in [4.69, 9.17) is 23.4 Å². The number of unbranched alkanes of at least 4 members (excludes halogenated alkanes) is 22. The van der Waals surface area contributed by atoms with Crippen molar-refractivity contribution in [2.24, 2.45) is 0 Å². The van der Waals surface area contributed by atoms with E-state index in [0.29, 0.717) is 17.9 Å². The van der Waals surface area contributed by atoms with Gasteiger partial charge in [-0.05, 0) is 70.6 Å². The number of hydroxylamine groups is 2. The van der Waals surface area contributed by atoms with Gasteiger partial charge < -0.3 is 24.5 Å². The van der Waals surface area contributed by atoms with Crippen molar-refractivity contribution in [3.8, 4) is 0 Å². The number of carbonyl (C=O) groups is 6. The molecule has 0 saturated carbocycles. The maximum atomic E-state index is 12.8. The van der Waals surface area contributed by atoms with Gasteiger partial charge in [-0.25, -0.2) is 9.36 Å². The Kier molecular flexibility index (Phi) is 38.4. The van der Waals surface area contributed by atoms with Crippen LogP contribution >= 0.6 is 7.82 Å². The third kappa shape index (κ3) is 36.7. The Morgan fingerprint density at radius 2 is 1.02 bits per heavy atom. The average Bonchev–Trinajstić information content (AvgIpc) is 3.60. The molecular formula is C50H87N2O13P. The Hall–Kier alpha value is -3.39. The zero-order chi connectivity index (χ0) is 48.4. The zero-order valence-electron chi connectivity index (χ0n) is 40.8. The Morgan fingerprint density at radius 1 is 0.576 bits per heavy atom. The van der Waals surface area contributed by atoms with E-state index < -0.39 is 62.8 Å². The van der Waals surface area contributed by atoms with Crippen LogP contribution in [0.25, 0.3) is 0 Å². The van der Waals surface area contributed by atoms with Crippen LogP contribution in [0.1, 0.15) is 226 Å². The molecule has 16 heteroatoms. The Labute approximate surface area is 396 Å². The fourth-order valence-electron chi connectivity index (χ4n) is 7.15. The molecule has 3 amide bonds. The van der Waals surface area contributed by atoms with E-state index in [-0.39, 0.29) is 58.1 Å². The third-order valence-electron chi connectivity index (χ3n) is 11.1. The molecule has 0 radical (unpaired) electrons. The SMILES string of the molecule is CCCCCCCC/C=C/CCCCCCCC(=O)OC[C@H](COP(=O)(O)OCCNC(=O)CCCC(=O)ON1C(=O)CCC1=O)OC(=O)CCCCCCC/C=C/CCCCCCCC.